The number of aromatic hydroxyl groups is 1. The highest BCUT2D eigenvalue weighted by Crippen LogP contribution is 2.52. The van der Waals surface area contributed by atoms with Crippen molar-refractivity contribution in [3.8, 4) is 16.9 Å². The van der Waals surface area contributed by atoms with Gasteiger partial charge in [-0.1, -0.05) is 44.2 Å². The van der Waals surface area contributed by atoms with Crippen LogP contribution in [0.1, 0.15) is 61.5 Å². The van der Waals surface area contributed by atoms with Gasteiger partial charge < -0.3 is 20.4 Å². The first-order chi connectivity index (χ1) is 17.9. The highest BCUT2D eigenvalue weighted by atomic mass is 16.3. The van der Waals surface area contributed by atoms with Crippen LogP contribution in [0.25, 0.3) is 11.1 Å². The minimum atomic E-state index is -2.48. The third kappa shape index (κ3) is 3.88. The number of carbonyl (C=O) groups excluding carboxylic acids is 3. The van der Waals surface area contributed by atoms with E-state index in [0.29, 0.717) is 17.9 Å². The number of hydrogen-bond acceptors (Lipinski definition) is 7. The van der Waals surface area contributed by atoms with Crippen LogP contribution in [0, 0.1) is 17.8 Å². The highest BCUT2D eigenvalue weighted by Gasteiger charge is 2.59. The largest absolute Gasteiger partial charge is 0.511 e. The molecule has 2 aromatic carbocycles. The molecular formula is C31H32O7. The number of allylic oxidation sites excluding steroid dienone is 2. The van der Waals surface area contributed by atoms with Crippen LogP contribution in [-0.2, 0) is 22.4 Å². The van der Waals surface area contributed by atoms with Gasteiger partial charge in [-0.3, -0.25) is 14.4 Å². The lowest BCUT2D eigenvalue weighted by Crippen LogP contribution is -2.56. The number of benzene rings is 2. The van der Waals surface area contributed by atoms with E-state index >= 15 is 0 Å². The van der Waals surface area contributed by atoms with E-state index in [-0.39, 0.29) is 29.7 Å². The fourth-order valence-corrected chi connectivity index (χ4v) is 6.30. The topological polar surface area (TPSA) is 132 Å². The predicted octanol–water partition coefficient (Wildman–Crippen LogP) is 4.94. The van der Waals surface area contributed by atoms with Crippen molar-refractivity contribution in [2.75, 3.05) is 0 Å². The second-order valence-corrected chi connectivity index (χ2v) is 11.2. The number of rotatable bonds is 5. The zero-order valence-corrected chi connectivity index (χ0v) is 21.7. The van der Waals surface area contributed by atoms with Gasteiger partial charge in [0.05, 0.1) is 5.56 Å². The van der Waals surface area contributed by atoms with Gasteiger partial charge >= 0.3 is 0 Å². The van der Waals surface area contributed by atoms with Crippen LogP contribution in [-0.4, -0.2) is 43.4 Å². The molecule has 0 aliphatic heterocycles. The number of aryl methyl sites for hydroxylation is 1. The van der Waals surface area contributed by atoms with Crippen LogP contribution in [0.2, 0.25) is 0 Å². The molecule has 0 heterocycles. The molecule has 7 nitrogen and oxygen atoms in total. The fraction of sp³-hybridized carbons (Fsp3) is 0.387. The summed E-state index contributed by atoms with van der Waals surface area (Å²) >= 11 is 0. The summed E-state index contributed by atoms with van der Waals surface area (Å²) in [6.45, 7) is 5.47. The Hall–Kier alpha value is -3.71. The van der Waals surface area contributed by atoms with E-state index in [0.717, 1.165) is 30.9 Å². The number of fused-ring (bicyclic) bond motifs is 3. The Bertz CT molecular complexity index is 1430. The summed E-state index contributed by atoms with van der Waals surface area (Å²) in [6.07, 6.45) is 2.32. The second-order valence-electron chi connectivity index (χ2n) is 11.2. The quantitative estimate of drug-likeness (QED) is 0.414. The third-order valence-corrected chi connectivity index (χ3v) is 8.33. The minimum Gasteiger partial charge on any atom is -0.511 e. The van der Waals surface area contributed by atoms with E-state index in [1.165, 1.54) is 11.6 Å². The number of phenols is 1. The summed E-state index contributed by atoms with van der Waals surface area (Å²) < 4.78 is 0. The normalized spacial score (nSPS) is 24.9. The van der Waals surface area contributed by atoms with Crippen molar-refractivity contribution < 1.29 is 34.8 Å². The van der Waals surface area contributed by atoms with Crippen molar-refractivity contribution in [3.05, 3.63) is 75.8 Å². The maximum absolute atomic E-state index is 13.7. The summed E-state index contributed by atoms with van der Waals surface area (Å²) in [4.78, 5) is 38.9. The SMILES string of the molecule is CC(=O)C1=C(O)C[C@@H]2C[C@@H]3Cc4c(-c5ccc(CCC(C)C)cc5)ccc(O)c4C(=O)C3=C(O)[C@]2(O)C1=O. The van der Waals surface area contributed by atoms with Crippen molar-refractivity contribution in [3.63, 3.8) is 0 Å². The number of ketones is 3. The summed E-state index contributed by atoms with van der Waals surface area (Å²) in [5, 5.41) is 43.7. The number of hydrogen-bond donors (Lipinski definition) is 4. The lowest BCUT2D eigenvalue weighted by Gasteiger charge is -2.45. The second kappa shape index (κ2) is 9.24. The number of aliphatic hydroxyl groups excluding tert-OH is 2. The molecule has 38 heavy (non-hydrogen) atoms. The van der Waals surface area contributed by atoms with Crippen molar-refractivity contribution >= 4 is 17.3 Å². The molecule has 2 aromatic rings. The Labute approximate surface area is 221 Å². The summed E-state index contributed by atoms with van der Waals surface area (Å²) in [6, 6.07) is 11.3. The number of Topliss-reactive ketones (excluding diaryl/α,β-unsaturated/α-hetero) is 3. The van der Waals surface area contributed by atoms with Crippen LogP contribution < -0.4 is 0 Å². The van der Waals surface area contributed by atoms with Gasteiger partial charge in [0.25, 0.3) is 0 Å². The van der Waals surface area contributed by atoms with Gasteiger partial charge in [0.2, 0.25) is 5.78 Å². The molecule has 0 radical (unpaired) electrons. The molecule has 4 N–H and O–H groups in total. The smallest absolute Gasteiger partial charge is 0.209 e. The van der Waals surface area contributed by atoms with Crippen LogP contribution in [0.15, 0.2) is 59.1 Å². The molecule has 0 aromatic heterocycles. The predicted molar refractivity (Wildman–Crippen MR) is 141 cm³/mol. The molecule has 0 unspecified atom stereocenters. The van der Waals surface area contributed by atoms with E-state index < -0.39 is 51.9 Å². The van der Waals surface area contributed by atoms with E-state index in [4.69, 9.17) is 0 Å². The van der Waals surface area contributed by atoms with E-state index in [1.807, 2.05) is 12.1 Å². The molecule has 7 heteroatoms. The van der Waals surface area contributed by atoms with E-state index in [9.17, 15) is 34.8 Å². The van der Waals surface area contributed by atoms with Gasteiger partial charge in [-0.15, -0.1) is 0 Å². The molecule has 0 amide bonds. The van der Waals surface area contributed by atoms with Gasteiger partial charge in [0.15, 0.2) is 17.2 Å². The first-order valence-corrected chi connectivity index (χ1v) is 13.1. The van der Waals surface area contributed by atoms with Gasteiger partial charge in [-0.25, -0.2) is 0 Å². The molecular weight excluding hydrogens is 484 g/mol. The van der Waals surface area contributed by atoms with Crippen LogP contribution in [0.4, 0.5) is 0 Å². The number of phenolic OH excluding ortho intramolecular Hbond substituents is 1. The van der Waals surface area contributed by atoms with Gasteiger partial charge in [0, 0.05) is 17.9 Å². The zero-order valence-electron chi connectivity index (χ0n) is 21.7. The van der Waals surface area contributed by atoms with Crippen molar-refractivity contribution in [1.29, 1.82) is 0 Å². The maximum Gasteiger partial charge on any atom is 0.209 e. The molecule has 3 aliphatic carbocycles. The van der Waals surface area contributed by atoms with Gasteiger partial charge in [-0.05, 0) is 72.8 Å². The van der Waals surface area contributed by atoms with Gasteiger partial charge in [-0.2, -0.15) is 0 Å². The number of aliphatic hydroxyl groups is 3. The van der Waals surface area contributed by atoms with E-state index in [2.05, 4.69) is 26.0 Å². The molecule has 5 rings (SSSR count). The molecule has 0 spiro atoms. The summed E-state index contributed by atoms with van der Waals surface area (Å²) in [5.74, 6) is -4.75. The molecule has 198 valence electrons. The maximum atomic E-state index is 13.7. The summed E-state index contributed by atoms with van der Waals surface area (Å²) in [7, 11) is 0. The Kier molecular flexibility index (Phi) is 6.30. The lowest BCUT2D eigenvalue weighted by molar-refractivity contribution is -0.144. The molecule has 3 aliphatic rings. The Morgan fingerprint density at radius 3 is 2.34 bits per heavy atom. The standard InChI is InChI=1S/C31H32O7/c1-15(2)4-5-17-6-8-18(9-7-17)21-10-11-23(33)27-22(21)13-19-12-20-14-24(34)25(16(3)32)29(36)31(20,38)30(37)26(19)28(27)35/h6-11,15,19-20,33-34,37-38H,4-5,12-14H2,1-3H3/t19-,20+,31-/m1/s1. The van der Waals surface area contributed by atoms with Crippen LogP contribution in [0.5, 0.6) is 5.75 Å². The summed E-state index contributed by atoms with van der Waals surface area (Å²) in [5.41, 5.74) is 0.430. The molecule has 0 fully saturated rings. The first-order valence-electron chi connectivity index (χ1n) is 13.1. The van der Waals surface area contributed by atoms with Crippen molar-refractivity contribution in [1.82, 2.24) is 0 Å². The Morgan fingerprint density at radius 1 is 1.03 bits per heavy atom. The minimum absolute atomic E-state index is 0.0414. The van der Waals surface area contributed by atoms with Crippen molar-refractivity contribution in [2.24, 2.45) is 17.8 Å². The molecule has 0 saturated carbocycles. The molecule has 0 bridgehead atoms. The monoisotopic (exact) mass is 516 g/mol. The van der Waals surface area contributed by atoms with Crippen LogP contribution in [0.3, 0.4) is 0 Å². The van der Waals surface area contributed by atoms with Crippen LogP contribution >= 0.6 is 0 Å². The first kappa shape index (κ1) is 25.9. The fourth-order valence-electron chi connectivity index (χ4n) is 6.30. The van der Waals surface area contributed by atoms with Crippen molar-refractivity contribution in [2.45, 2.75) is 58.5 Å². The third-order valence-electron chi connectivity index (χ3n) is 8.33. The number of carbonyl (C=O) groups is 3. The lowest BCUT2D eigenvalue weighted by atomic mass is 9.60. The highest BCUT2D eigenvalue weighted by molar-refractivity contribution is 6.25. The molecule has 0 saturated heterocycles. The Morgan fingerprint density at radius 2 is 1.71 bits per heavy atom. The average molecular weight is 517 g/mol. The van der Waals surface area contributed by atoms with E-state index in [1.54, 1.807) is 6.07 Å². The van der Waals surface area contributed by atoms with Gasteiger partial charge in [0.1, 0.15) is 22.8 Å². The Balaban J connectivity index is 1.58. The zero-order chi connectivity index (χ0) is 27.5. The molecule has 3 atom stereocenters. The average Bonchev–Trinajstić information content (AvgIpc) is 2.85.